The fraction of sp³-hybridized carbons (Fsp3) is 0.583. The molecule has 0 unspecified atom stereocenters. The van der Waals surface area contributed by atoms with Gasteiger partial charge in [-0.15, -0.1) is 0 Å². The number of hydrogen-bond donors (Lipinski definition) is 2. The fourth-order valence-corrected chi connectivity index (χ4v) is 5.02. The van der Waals surface area contributed by atoms with Crippen molar-refractivity contribution in [2.75, 3.05) is 19.7 Å². The number of aromatic nitrogens is 3. The second-order valence-electron chi connectivity index (χ2n) is 9.15. The minimum atomic E-state index is -0.690. The number of carbonyl (C=O) groups is 2. The highest BCUT2D eigenvalue weighted by atomic mass is 16.5. The summed E-state index contributed by atoms with van der Waals surface area (Å²) in [7, 11) is 0. The first-order valence-electron chi connectivity index (χ1n) is 11.7. The monoisotopic (exact) mass is 440 g/mol. The molecule has 1 saturated carbocycles. The number of aromatic amines is 1. The van der Waals surface area contributed by atoms with Crippen molar-refractivity contribution in [3.05, 3.63) is 30.6 Å². The Kier molecular flexibility index (Phi) is 7.07. The molecule has 1 atom stereocenters. The molecule has 2 fully saturated rings. The van der Waals surface area contributed by atoms with Crippen LogP contribution in [0.25, 0.3) is 11.4 Å². The van der Waals surface area contributed by atoms with Crippen LogP contribution in [0.2, 0.25) is 0 Å². The lowest BCUT2D eigenvalue weighted by molar-refractivity contribution is -0.149. The number of hydrogen-bond acceptors (Lipinski definition) is 5. The summed E-state index contributed by atoms with van der Waals surface area (Å²) in [5.41, 5.74) is 1.08. The van der Waals surface area contributed by atoms with Gasteiger partial charge in [0.05, 0.1) is 29.6 Å². The average Bonchev–Trinajstić information content (AvgIpc) is 3.51. The summed E-state index contributed by atoms with van der Waals surface area (Å²) in [6, 6.07) is 5.66. The minimum Gasteiger partial charge on any atom is -0.492 e. The van der Waals surface area contributed by atoms with Gasteiger partial charge in [-0.3, -0.25) is 19.7 Å². The molecule has 2 aromatic heterocycles. The zero-order valence-electron chi connectivity index (χ0n) is 18.5. The largest absolute Gasteiger partial charge is 0.492 e. The molecule has 0 bridgehead atoms. The lowest BCUT2D eigenvalue weighted by atomic mass is 9.81. The van der Waals surface area contributed by atoms with Gasteiger partial charge in [0, 0.05) is 31.6 Å². The van der Waals surface area contributed by atoms with Crippen molar-refractivity contribution in [2.45, 2.75) is 57.8 Å². The number of ether oxygens (including phenoxy) is 1. The van der Waals surface area contributed by atoms with E-state index in [9.17, 15) is 14.7 Å². The molecule has 1 aliphatic carbocycles. The summed E-state index contributed by atoms with van der Waals surface area (Å²) in [6.45, 7) is 2.03. The van der Waals surface area contributed by atoms with E-state index in [0.29, 0.717) is 44.1 Å². The molecule has 1 aliphatic heterocycles. The minimum absolute atomic E-state index is 0.138. The molecule has 1 amide bonds. The molecule has 0 spiro atoms. The number of pyridine rings is 1. The molecule has 4 rings (SSSR count). The first-order valence-corrected chi connectivity index (χ1v) is 11.7. The van der Waals surface area contributed by atoms with Crippen molar-refractivity contribution in [3.8, 4) is 17.1 Å². The Morgan fingerprint density at radius 2 is 2.06 bits per heavy atom. The number of aliphatic carboxylic acids is 1. The predicted molar refractivity (Wildman–Crippen MR) is 119 cm³/mol. The van der Waals surface area contributed by atoms with E-state index in [2.05, 4.69) is 15.2 Å². The Hall–Kier alpha value is -2.90. The van der Waals surface area contributed by atoms with Gasteiger partial charge in [-0.25, -0.2) is 0 Å². The van der Waals surface area contributed by atoms with E-state index in [4.69, 9.17) is 4.74 Å². The number of likely N-dealkylation sites (tertiary alicyclic amines) is 1. The lowest BCUT2D eigenvalue weighted by Crippen LogP contribution is -2.41. The quantitative estimate of drug-likeness (QED) is 0.612. The van der Waals surface area contributed by atoms with E-state index in [-0.39, 0.29) is 5.91 Å². The molecule has 0 aromatic carbocycles. The van der Waals surface area contributed by atoms with Crippen LogP contribution in [0.15, 0.2) is 30.6 Å². The van der Waals surface area contributed by atoms with Crippen LogP contribution in [0.1, 0.15) is 57.8 Å². The molecule has 2 N–H and O–H groups in total. The Bertz CT molecular complexity index is 891. The Labute approximate surface area is 188 Å². The van der Waals surface area contributed by atoms with Crippen LogP contribution in [-0.2, 0) is 9.59 Å². The molecule has 2 aromatic rings. The highest BCUT2D eigenvalue weighted by Gasteiger charge is 2.40. The van der Waals surface area contributed by atoms with Crippen LogP contribution >= 0.6 is 0 Å². The molecule has 2 aliphatic rings. The van der Waals surface area contributed by atoms with Crippen LogP contribution < -0.4 is 4.74 Å². The Morgan fingerprint density at radius 1 is 1.22 bits per heavy atom. The van der Waals surface area contributed by atoms with E-state index in [0.717, 1.165) is 56.5 Å². The van der Waals surface area contributed by atoms with E-state index in [1.165, 1.54) is 0 Å². The maximum atomic E-state index is 12.7. The van der Waals surface area contributed by atoms with Gasteiger partial charge in [-0.1, -0.05) is 12.8 Å². The molecular weight excluding hydrogens is 408 g/mol. The first kappa shape index (κ1) is 22.3. The second-order valence-corrected chi connectivity index (χ2v) is 9.15. The third kappa shape index (κ3) is 5.29. The predicted octanol–water partition coefficient (Wildman–Crippen LogP) is 3.90. The van der Waals surface area contributed by atoms with Gasteiger partial charge < -0.3 is 14.7 Å². The van der Waals surface area contributed by atoms with Gasteiger partial charge in [-0.2, -0.15) is 5.10 Å². The zero-order valence-corrected chi connectivity index (χ0v) is 18.5. The third-order valence-corrected chi connectivity index (χ3v) is 6.93. The van der Waals surface area contributed by atoms with Crippen LogP contribution in [0, 0.1) is 11.3 Å². The normalized spacial score (nSPS) is 20.2. The number of nitrogens with one attached hydrogen (secondary N) is 1. The lowest BCUT2D eigenvalue weighted by Gasteiger charge is -2.33. The SMILES string of the molecule is O=C(CCCC1(C(=O)O)CCCC1)N1CCC[C@@H](COc2ccc(-c3ccn[nH]3)nc2)C1. The van der Waals surface area contributed by atoms with Gasteiger partial charge in [0.15, 0.2) is 0 Å². The van der Waals surface area contributed by atoms with Gasteiger partial charge in [0.2, 0.25) is 5.91 Å². The molecule has 3 heterocycles. The van der Waals surface area contributed by atoms with Crippen molar-refractivity contribution in [2.24, 2.45) is 11.3 Å². The van der Waals surface area contributed by atoms with Crippen molar-refractivity contribution in [1.29, 1.82) is 0 Å². The van der Waals surface area contributed by atoms with E-state index in [1.54, 1.807) is 12.4 Å². The average molecular weight is 441 g/mol. The molecule has 32 heavy (non-hydrogen) atoms. The van der Waals surface area contributed by atoms with E-state index < -0.39 is 11.4 Å². The zero-order chi connectivity index (χ0) is 22.4. The molecule has 172 valence electrons. The standard InChI is InChI=1S/C24H32N4O4/c29-22(6-3-12-24(23(30)31)10-1-2-11-24)28-14-4-5-18(16-28)17-32-19-7-8-20(25-15-19)21-9-13-26-27-21/h7-9,13,15,18H,1-6,10-12,14,16-17H2,(H,26,27)(H,30,31)/t18-/m1/s1. The highest BCUT2D eigenvalue weighted by molar-refractivity contribution is 5.77. The summed E-state index contributed by atoms with van der Waals surface area (Å²) in [6.07, 6.45) is 10.6. The summed E-state index contributed by atoms with van der Waals surface area (Å²) >= 11 is 0. The van der Waals surface area contributed by atoms with E-state index in [1.807, 2.05) is 23.1 Å². The summed E-state index contributed by atoms with van der Waals surface area (Å²) in [4.78, 5) is 30.8. The Balaban J connectivity index is 1.21. The van der Waals surface area contributed by atoms with E-state index >= 15 is 0 Å². The van der Waals surface area contributed by atoms with Gasteiger partial charge in [0.25, 0.3) is 0 Å². The Morgan fingerprint density at radius 3 is 2.75 bits per heavy atom. The number of carbonyl (C=O) groups excluding carboxylic acids is 1. The molecule has 1 saturated heterocycles. The molecule has 0 radical (unpaired) electrons. The van der Waals surface area contributed by atoms with Crippen molar-refractivity contribution < 1.29 is 19.4 Å². The van der Waals surface area contributed by atoms with Crippen LogP contribution in [0.4, 0.5) is 0 Å². The number of carboxylic acid groups (broad SMARTS) is 1. The summed E-state index contributed by atoms with van der Waals surface area (Å²) < 4.78 is 5.94. The summed E-state index contributed by atoms with van der Waals surface area (Å²) in [5, 5.41) is 16.4. The third-order valence-electron chi connectivity index (χ3n) is 6.93. The van der Waals surface area contributed by atoms with Gasteiger partial charge in [-0.05, 0) is 56.7 Å². The number of nitrogens with zero attached hydrogens (tertiary/aromatic N) is 3. The highest BCUT2D eigenvalue weighted by Crippen LogP contribution is 2.42. The van der Waals surface area contributed by atoms with Crippen molar-refractivity contribution in [3.63, 3.8) is 0 Å². The van der Waals surface area contributed by atoms with Crippen LogP contribution in [0.3, 0.4) is 0 Å². The van der Waals surface area contributed by atoms with Gasteiger partial charge in [0.1, 0.15) is 5.75 Å². The number of amides is 1. The molecular formula is C24H32N4O4. The number of H-pyrrole nitrogens is 1. The maximum absolute atomic E-state index is 12.7. The second kappa shape index (κ2) is 10.1. The number of carboxylic acids is 1. The van der Waals surface area contributed by atoms with Crippen molar-refractivity contribution in [1.82, 2.24) is 20.1 Å². The van der Waals surface area contributed by atoms with Crippen molar-refractivity contribution >= 4 is 11.9 Å². The summed E-state index contributed by atoms with van der Waals surface area (Å²) in [5.74, 6) is 0.455. The fourth-order valence-electron chi connectivity index (χ4n) is 5.02. The topological polar surface area (TPSA) is 108 Å². The maximum Gasteiger partial charge on any atom is 0.309 e. The number of piperidine rings is 1. The van der Waals surface area contributed by atoms with Crippen LogP contribution in [0.5, 0.6) is 5.75 Å². The van der Waals surface area contributed by atoms with Crippen LogP contribution in [-0.4, -0.2) is 56.8 Å². The first-order chi connectivity index (χ1) is 15.6. The van der Waals surface area contributed by atoms with Gasteiger partial charge >= 0.3 is 5.97 Å². The molecule has 8 nitrogen and oxygen atoms in total. The molecule has 8 heteroatoms. The number of rotatable bonds is 9. The smallest absolute Gasteiger partial charge is 0.309 e.